The smallest absolute Gasteiger partial charge is 0.261 e. The number of fused-ring (bicyclic) bond motifs is 1. The number of hydrogen-bond acceptors (Lipinski definition) is 5. The molecule has 0 atom stereocenters. The van der Waals surface area contributed by atoms with Crippen molar-refractivity contribution in [2.45, 2.75) is 13.8 Å². The van der Waals surface area contributed by atoms with Crippen LogP contribution in [0.15, 0.2) is 47.3 Å². The summed E-state index contributed by atoms with van der Waals surface area (Å²) in [6.45, 7) is 4.55. The summed E-state index contributed by atoms with van der Waals surface area (Å²) in [6, 6.07) is 11.3. The van der Waals surface area contributed by atoms with E-state index in [0.717, 1.165) is 11.1 Å². The van der Waals surface area contributed by atoms with Crippen LogP contribution < -0.4 is 10.3 Å². The Morgan fingerprint density at radius 3 is 2.57 bits per heavy atom. The van der Waals surface area contributed by atoms with Gasteiger partial charge in [-0.05, 0) is 37.1 Å². The highest BCUT2D eigenvalue weighted by molar-refractivity contribution is 6.09. The first-order chi connectivity index (χ1) is 13.5. The maximum Gasteiger partial charge on any atom is 0.261 e. The highest BCUT2D eigenvalue weighted by Crippen LogP contribution is 2.20. The van der Waals surface area contributed by atoms with Crippen molar-refractivity contribution in [2.24, 2.45) is 0 Å². The number of hydrogen-bond donors (Lipinski definition) is 1. The van der Waals surface area contributed by atoms with Crippen LogP contribution in [0.1, 0.15) is 27.0 Å². The molecule has 0 fully saturated rings. The second-order valence-electron chi connectivity index (χ2n) is 6.45. The van der Waals surface area contributed by atoms with Crippen molar-refractivity contribution < 1.29 is 14.3 Å². The first kappa shape index (κ1) is 19.5. The zero-order chi connectivity index (χ0) is 20.1. The van der Waals surface area contributed by atoms with Crippen molar-refractivity contribution in [3.8, 4) is 5.88 Å². The molecule has 0 unspecified atom stereocenters. The van der Waals surface area contributed by atoms with Crippen molar-refractivity contribution >= 4 is 22.9 Å². The first-order valence-corrected chi connectivity index (χ1v) is 8.94. The lowest BCUT2D eigenvalue weighted by atomic mass is 10.0. The number of nitrogens with one attached hydrogen (secondary N) is 1. The van der Waals surface area contributed by atoms with Crippen LogP contribution in [-0.4, -0.2) is 36.1 Å². The Balaban J connectivity index is 1.90. The molecule has 3 rings (SSSR count). The van der Waals surface area contributed by atoms with E-state index in [1.165, 1.54) is 6.08 Å². The molecule has 1 N–H and O–H groups in total. The van der Waals surface area contributed by atoms with Gasteiger partial charge in [0.15, 0.2) is 5.78 Å². The number of carbonyl (C=O) groups is 1. The molecule has 3 aromatic rings. The van der Waals surface area contributed by atoms with Crippen LogP contribution in [0, 0.1) is 13.8 Å². The molecule has 28 heavy (non-hydrogen) atoms. The van der Waals surface area contributed by atoms with Crippen molar-refractivity contribution in [3.05, 3.63) is 75.1 Å². The third kappa shape index (κ3) is 4.35. The molecule has 0 aliphatic carbocycles. The van der Waals surface area contributed by atoms with Gasteiger partial charge in [-0.2, -0.15) is 4.98 Å². The largest absolute Gasteiger partial charge is 0.475 e. The summed E-state index contributed by atoms with van der Waals surface area (Å²) >= 11 is 0. The van der Waals surface area contributed by atoms with E-state index in [4.69, 9.17) is 9.47 Å². The number of aromatic amines is 1. The van der Waals surface area contributed by atoms with Crippen LogP contribution in [0.25, 0.3) is 17.1 Å². The standard InChI is InChI=1S/C22H22N2O4/c1-14-4-6-16(7-5-14)8-10-18(25)20-15(2)17-9-11-19(28-13-12-27-3)23-21(17)24-22(20)26/h4-11H,12-13H2,1-3H3,(H,23,24,26)/b10-8+. The van der Waals surface area contributed by atoms with E-state index in [2.05, 4.69) is 9.97 Å². The number of ketones is 1. The lowest BCUT2D eigenvalue weighted by Crippen LogP contribution is -2.19. The van der Waals surface area contributed by atoms with E-state index in [1.807, 2.05) is 31.2 Å². The van der Waals surface area contributed by atoms with E-state index in [-0.39, 0.29) is 11.3 Å². The maximum atomic E-state index is 12.6. The van der Waals surface area contributed by atoms with Gasteiger partial charge in [-0.25, -0.2) is 0 Å². The Labute approximate surface area is 162 Å². The topological polar surface area (TPSA) is 81.3 Å². The maximum absolute atomic E-state index is 12.6. The molecule has 0 aliphatic heterocycles. The molecule has 0 radical (unpaired) electrons. The number of nitrogens with zero attached hydrogens (tertiary/aromatic N) is 1. The summed E-state index contributed by atoms with van der Waals surface area (Å²) in [6.07, 6.45) is 3.12. The Morgan fingerprint density at radius 1 is 1.11 bits per heavy atom. The number of rotatable bonds is 7. The zero-order valence-electron chi connectivity index (χ0n) is 16.1. The molecule has 2 heterocycles. The summed E-state index contributed by atoms with van der Waals surface area (Å²) in [7, 11) is 1.59. The molecular weight excluding hydrogens is 356 g/mol. The number of allylic oxidation sites excluding steroid dienone is 1. The predicted octanol–water partition coefficient (Wildman–Crippen LogP) is 3.46. The fraction of sp³-hybridized carbons (Fsp3) is 0.227. The summed E-state index contributed by atoms with van der Waals surface area (Å²) < 4.78 is 10.4. The number of aryl methyl sites for hydroxylation is 2. The quantitative estimate of drug-likeness (QED) is 0.387. The Bertz CT molecular complexity index is 1080. The average Bonchev–Trinajstić information content (AvgIpc) is 2.67. The van der Waals surface area contributed by atoms with Gasteiger partial charge in [0.05, 0.1) is 12.2 Å². The van der Waals surface area contributed by atoms with Gasteiger partial charge in [0.2, 0.25) is 5.88 Å². The van der Waals surface area contributed by atoms with Crippen LogP contribution >= 0.6 is 0 Å². The fourth-order valence-electron chi connectivity index (χ4n) is 2.85. The minimum atomic E-state index is -0.468. The molecular formula is C22H22N2O4. The molecule has 0 spiro atoms. The lowest BCUT2D eigenvalue weighted by molar-refractivity contribution is 0.104. The molecule has 6 heteroatoms. The van der Waals surface area contributed by atoms with Crippen molar-refractivity contribution in [2.75, 3.05) is 20.3 Å². The third-order valence-corrected chi connectivity index (χ3v) is 4.40. The van der Waals surface area contributed by atoms with Gasteiger partial charge in [0.1, 0.15) is 12.3 Å². The number of benzene rings is 1. The molecule has 144 valence electrons. The average molecular weight is 378 g/mol. The van der Waals surface area contributed by atoms with E-state index in [9.17, 15) is 9.59 Å². The highest BCUT2D eigenvalue weighted by atomic mass is 16.5. The van der Waals surface area contributed by atoms with Gasteiger partial charge in [-0.3, -0.25) is 9.59 Å². The van der Waals surface area contributed by atoms with Crippen molar-refractivity contribution in [1.29, 1.82) is 0 Å². The Morgan fingerprint density at radius 2 is 1.86 bits per heavy atom. The van der Waals surface area contributed by atoms with Crippen LogP contribution in [0.5, 0.6) is 5.88 Å². The molecule has 2 aromatic heterocycles. The summed E-state index contributed by atoms with van der Waals surface area (Å²) in [4.78, 5) is 32.2. The second-order valence-corrected chi connectivity index (χ2v) is 6.45. The Hall–Kier alpha value is -3.25. The number of ether oxygens (including phenoxy) is 2. The number of methoxy groups -OCH3 is 1. The van der Waals surface area contributed by atoms with Crippen molar-refractivity contribution in [3.63, 3.8) is 0 Å². The predicted molar refractivity (Wildman–Crippen MR) is 109 cm³/mol. The van der Waals surface area contributed by atoms with Gasteiger partial charge in [0, 0.05) is 18.6 Å². The number of pyridine rings is 2. The molecule has 0 aliphatic rings. The van der Waals surface area contributed by atoms with Crippen LogP contribution in [0.3, 0.4) is 0 Å². The van der Waals surface area contributed by atoms with Crippen LogP contribution in [0.4, 0.5) is 0 Å². The minimum Gasteiger partial charge on any atom is -0.475 e. The molecule has 0 amide bonds. The summed E-state index contributed by atoms with van der Waals surface area (Å²) in [5.41, 5.74) is 2.66. The van der Waals surface area contributed by atoms with E-state index in [1.54, 1.807) is 32.2 Å². The summed E-state index contributed by atoms with van der Waals surface area (Å²) in [5, 5.41) is 0.700. The van der Waals surface area contributed by atoms with Gasteiger partial charge in [0.25, 0.3) is 5.56 Å². The molecule has 0 bridgehead atoms. The first-order valence-electron chi connectivity index (χ1n) is 8.94. The Kier molecular flexibility index (Phi) is 6.01. The van der Waals surface area contributed by atoms with Gasteiger partial charge in [-0.15, -0.1) is 0 Å². The zero-order valence-corrected chi connectivity index (χ0v) is 16.1. The van der Waals surface area contributed by atoms with Gasteiger partial charge < -0.3 is 14.5 Å². The van der Waals surface area contributed by atoms with Crippen LogP contribution in [0.2, 0.25) is 0 Å². The minimum absolute atomic E-state index is 0.116. The number of H-pyrrole nitrogens is 1. The second kappa shape index (κ2) is 8.63. The molecule has 0 saturated heterocycles. The lowest BCUT2D eigenvalue weighted by Gasteiger charge is -2.09. The van der Waals surface area contributed by atoms with E-state index < -0.39 is 5.56 Å². The molecule has 0 saturated carbocycles. The SMILES string of the molecule is COCCOc1ccc2c(C)c(C(=O)/C=C/c3ccc(C)cc3)c(=O)[nH]c2n1. The van der Waals surface area contributed by atoms with E-state index in [0.29, 0.717) is 35.7 Å². The third-order valence-electron chi connectivity index (χ3n) is 4.40. The number of aromatic nitrogens is 2. The fourth-order valence-corrected chi connectivity index (χ4v) is 2.85. The molecule has 6 nitrogen and oxygen atoms in total. The van der Waals surface area contributed by atoms with Crippen molar-refractivity contribution in [1.82, 2.24) is 9.97 Å². The normalized spacial score (nSPS) is 11.2. The van der Waals surface area contributed by atoms with E-state index >= 15 is 0 Å². The van der Waals surface area contributed by atoms with Gasteiger partial charge in [-0.1, -0.05) is 35.9 Å². The van der Waals surface area contributed by atoms with Crippen LogP contribution in [-0.2, 0) is 4.74 Å². The summed E-state index contributed by atoms with van der Waals surface area (Å²) in [5.74, 6) is 0.0413. The monoisotopic (exact) mass is 378 g/mol. The molecule has 1 aromatic carbocycles. The van der Waals surface area contributed by atoms with Gasteiger partial charge >= 0.3 is 0 Å². The highest BCUT2D eigenvalue weighted by Gasteiger charge is 2.15. The number of carbonyl (C=O) groups excluding carboxylic acids is 1.